The highest BCUT2D eigenvalue weighted by Gasteiger charge is 2.21. The van der Waals surface area contributed by atoms with Crippen molar-refractivity contribution in [3.05, 3.63) is 35.7 Å². The van der Waals surface area contributed by atoms with Crippen molar-refractivity contribution in [3.63, 3.8) is 0 Å². The van der Waals surface area contributed by atoms with E-state index in [-0.39, 0.29) is 11.5 Å². The fourth-order valence-electron chi connectivity index (χ4n) is 1.83. The Morgan fingerprint density at radius 2 is 2.12 bits per heavy atom. The molecule has 1 radical (unpaired) electrons. The van der Waals surface area contributed by atoms with Crippen molar-refractivity contribution >= 4 is 18.3 Å². The van der Waals surface area contributed by atoms with Crippen molar-refractivity contribution in [1.82, 2.24) is 9.88 Å². The summed E-state index contributed by atoms with van der Waals surface area (Å²) in [5.74, 6) is -0.247. The van der Waals surface area contributed by atoms with Crippen molar-refractivity contribution in [2.45, 2.75) is 12.8 Å². The van der Waals surface area contributed by atoms with Crippen LogP contribution in [0.15, 0.2) is 30.0 Å². The summed E-state index contributed by atoms with van der Waals surface area (Å²) in [7, 11) is 0. The van der Waals surface area contributed by atoms with E-state index in [0.717, 1.165) is 25.9 Å². The Bertz CT molecular complexity index is 434. The van der Waals surface area contributed by atoms with Gasteiger partial charge in [-0.1, -0.05) is 6.07 Å². The van der Waals surface area contributed by atoms with E-state index < -0.39 is 0 Å². The summed E-state index contributed by atoms with van der Waals surface area (Å²) in [4.78, 5) is 28.5. The van der Waals surface area contributed by atoms with Gasteiger partial charge in [0.1, 0.15) is 0 Å². The second kappa shape index (κ2) is 5.39. The molecule has 0 aliphatic carbocycles. The molecule has 4 heteroatoms. The number of carbonyl (C=O) groups is 1. The number of hydrogen-bond acceptors (Lipinski definition) is 3. The van der Waals surface area contributed by atoms with E-state index >= 15 is 0 Å². The van der Waals surface area contributed by atoms with Crippen molar-refractivity contribution in [3.8, 4) is 0 Å². The minimum atomic E-state index is -0.247. The molecule has 1 aromatic rings. The van der Waals surface area contributed by atoms with E-state index in [9.17, 15) is 9.59 Å². The van der Waals surface area contributed by atoms with Crippen LogP contribution >= 0.6 is 0 Å². The highest BCUT2D eigenvalue weighted by Crippen LogP contribution is 2.12. The third-order valence-corrected chi connectivity index (χ3v) is 2.71. The largest absolute Gasteiger partial charge is 0.339 e. The quantitative estimate of drug-likeness (QED) is 0.444. The van der Waals surface area contributed by atoms with Crippen LogP contribution in [0.2, 0.25) is 0 Å². The SMILES string of the molecule is O=[C]C(=Cc1ccccn1)C(=O)N1CCCC1. The van der Waals surface area contributed by atoms with E-state index in [1.165, 1.54) is 6.08 Å². The van der Waals surface area contributed by atoms with E-state index in [1.54, 1.807) is 29.5 Å². The van der Waals surface area contributed by atoms with Crippen LogP contribution in [0.1, 0.15) is 18.5 Å². The molecule has 0 atom stereocenters. The van der Waals surface area contributed by atoms with Gasteiger partial charge in [0.15, 0.2) is 0 Å². The molecule has 0 aromatic carbocycles. The molecule has 1 saturated heterocycles. The molecule has 1 fully saturated rings. The molecule has 4 nitrogen and oxygen atoms in total. The second-order valence-corrected chi connectivity index (χ2v) is 3.91. The smallest absolute Gasteiger partial charge is 0.258 e. The minimum Gasteiger partial charge on any atom is -0.339 e. The molecule has 1 aromatic heterocycles. The lowest BCUT2D eigenvalue weighted by Gasteiger charge is -2.14. The first kappa shape index (κ1) is 11.5. The van der Waals surface area contributed by atoms with Gasteiger partial charge in [-0.25, -0.2) is 0 Å². The number of nitrogens with zero attached hydrogens (tertiary/aromatic N) is 2. The minimum absolute atomic E-state index is 0.0469. The van der Waals surface area contributed by atoms with Crippen LogP contribution in [0.4, 0.5) is 0 Å². The van der Waals surface area contributed by atoms with Gasteiger partial charge in [0, 0.05) is 19.3 Å². The number of aromatic nitrogens is 1. The third-order valence-electron chi connectivity index (χ3n) is 2.71. The molecule has 2 rings (SSSR count). The number of amides is 1. The van der Waals surface area contributed by atoms with Crippen molar-refractivity contribution in [2.24, 2.45) is 0 Å². The Morgan fingerprint density at radius 1 is 1.35 bits per heavy atom. The summed E-state index contributed by atoms with van der Waals surface area (Å²) in [5.41, 5.74) is 0.643. The predicted molar refractivity (Wildman–Crippen MR) is 63.7 cm³/mol. The Morgan fingerprint density at radius 3 is 2.71 bits per heavy atom. The number of carbonyl (C=O) groups excluding carboxylic acids is 2. The fraction of sp³-hybridized carbons (Fsp3) is 0.308. The summed E-state index contributed by atoms with van der Waals surface area (Å²) in [6.45, 7) is 1.44. The molecule has 17 heavy (non-hydrogen) atoms. The number of hydrogen-bond donors (Lipinski definition) is 0. The molecule has 1 aliphatic rings. The Balaban J connectivity index is 2.18. The van der Waals surface area contributed by atoms with Crippen LogP contribution in [0.5, 0.6) is 0 Å². The van der Waals surface area contributed by atoms with E-state index in [4.69, 9.17) is 0 Å². The first-order chi connectivity index (χ1) is 8.31. The molecule has 0 N–H and O–H groups in total. The molecule has 0 bridgehead atoms. The molecular weight excluding hydrogens is 216 g/mol. The van der Waals surface area contributed by atoms with E-state index in [2.05, 4.69) is 4.98 Å². The van der Waals surface area contributed by atoms with Crippen LogP contribution in [-0.4, -0.2) is 35.2 Å². The lowest BCUT2D eigenvalue weighted by atomic mass is 10.2. The van der Waals surface area contributed by atoms with Gasteiger partial charge in [-0.15, -0.1) is 0 Å². The van der Waals surface area contributed by atoms with Crippen LogP contribution in [-0.2, 0) is 9.59 Å². The summed E-state index contributed by atoms with van der Waals surface area (Å²) in [5, 5.41) is 0. The summed E-state index contributed by atoms with van der Waals surface area (Å²) < 4.78 is 0. The maximum Gasteiger partial charge on any atom is 0.258 e. The average molecular weight is 229 g/mol. The molecule has 0 saturated carbocycles. The van der Waals surface area contributed by atoms with Crippen molar-refractivity contribution in [2.75, 3.05) is 13.1 Å². The maximum atomic E-state index is 11.9. The first-order valence-electron chi connectivity index (χ1n) is 5.61. The maximum absolute atomic E-state index is 11.9. The zero-order valence-electron chi connectivity index (χ0n) is 9.43. The molecule has 0 unspecified atom stereocenters. The zero-order valence-corrected chi connectivity index (χ0v) is 9.43. The average Bonchev–Trinajstić information content (AvgIpc) is 2.90. The normalized spacial score (nSPS) is 16.0. The summed E-state index contributed by atoms with van der Waals surface area (Å²) >= 11 is 0. The first-order valence-corrected chi connectivity index (χ1v) is 5.61. The second-order valence-electron chi connectivity index (χ2n) is 3.91. The molecular formula is C13H13N2O2. The Kier molecular flexibility index (Phi) is 3.65. The topological polar surface area (TPSA) is 50.3 Å². The summed E-state index contributed by atoms with van der Waals surface area (Å²) in [6.07, 6.45) is 6.81. The van der Waals surface area contributed by atoms with Gasteiger partial charge in [0.05, 0.1) is 11.3 Å². The van der Waals surface area contributed by atoms with Crippen LogP contribution < -0.4 is 0 Å². The van der Waals surface area contributed by atoms with Crippen LogP contribution in [0, 0.1) is 0 Å². The third kappa shape index (κ3) is 2.78. The summed E-state index contributed by atoms with van der Waals surface area (Å²) in [6, 6.07) is 5.33. The monoisotopic (exact) mass is 229 g/mol. The van der Waals surface area contributed by atoms with E-state index in [0.29, 0.717) is 5.69 Å². The van der Waals surface area contributed by atoms with Gasteiger partial charge in [0.2, 0.25) is 6.29 Å². The number of rotatable bonds is 3. The highest BCUT2D eigenvalue weighted by atomic mass is 16.2. The molecule has 87 valence electrons. The Labute approximate surface area is 100.0 Å². The van der Waals surface area contributed by atoms with E-state index in [1.807, 2.05) is 6.07 Å². The van der Waals surface area contributed by atoms with Gasteiger partial charge in [0.25, 0.3) is 5.91 Å². The predicted octanol–water partition coefficient (Wildman–Crippen LogP) is 1.20. The van der Waals surface area contributed by atoms with Gasteiger partial charge in [-0.2, -0.15) is 0 Å². The number of pyridine rings is 1. The number of likely N-dealkylation sites (tertiary alicyclic amines) is 1. The van der Waals surface area contributed by atoms with Crippen LogP contribution in [0.25, 0.3) is 6.08 Å². The molecule has 2 heterocycles. The fourth-order valence-corrected chi connectivity index (χ4v) is 1.83. The molecule has 1 amide bonds. The van der Waals surface area contributed by atoms with Gasteiger partial charge >= 0.3 is 0 Å². The van der Waals surface area contributed by atoms with Crippen LogP contribution in [0.3, 0.4) is 0 Å². The Hall–Kier alpha value is -1.97. The zero-order chi connectivity index (χ0) is 12.1. The standard InChI is InChI=1S/C13H13N2O2/c16-10-11(9-12-5-1-2-6-14-12)13(17)15-7-3-4-8-15/h1-2,5-6,9H,3-4,7-8H2. The molecule has 0 spiro atoms. The lowest BCUT2D eigenvalue weighted by Crippen LogP contribution is -2.29. The molecule has 1 aliphatic heterocycles. The van der Waals surface area contributed by atoms with Gasteiger partial charge in [-0.3, -0.25) is 14.6 Å². The van der Waals surface area contributed by atoms with Gasteiger partial charge in [-0.05, 0) is 31.1 Å². The van der Waals surface area contributed by atoms with Crippen molar-refractivity contribution in [1.29, 1.82) is 0 Å². The highest BCUT2D eigenvalue weighted by molar-refractivity contribution is 6.14. The van der Waals surface area contributed by atoms with Crippen molar-refractivity contribution < 1.29 is 9.59 Å². The lowest BCUT2D eigenvalue weighted by molar-refractivity contribution is -0.125. The van der Waals surface area contributed by atoms with Gasteiger partial charge < -0.3 is 4.90 Å².